The zero-order chi connectivity index (χ0) is 20.4. The van der Waals surface area contributed by atoms with Crippen molar-refractivity contribution in [3.8, 4) is 0 Å². The Bertz CT molecular complexity index is 308. The zero-order valence-electron chi connectivity index (χ0n) is 16.0. The Morgan fingerprint density at radius 1 is 0.808 bits per heavy atom. The van der Waals surface area contributed by atoms with E-state index >= 15 is 0 Å². The number of unbranched alkanes of at least 4 members (excludes halogenated alkanes) is 9. The molecule has 8 heteroatoms. The van der Waals surface area contributed by atoms with Crippen LogP contribution in [0.1, 0.15) is 71.1 Å². The minimum absolute atomic E-state index is 0.843. The van der Waals surface area contributed by atoms with Gasteiger partial charge in [0.2, 0.25) is 0 Å². The quantitative estimate of drug-likeness (QED) is 0.200. The summed E-state index contributed by atoms with van der Waals surface area (Å²) in [6.07, 6.45) is 6.10. The van der Waals surface area contributed by atoms with Crippen molar-refractivity contribution in [2.75, 3.05) is 13.2 Å². The van der Waals surface area contributed by atoms with Gasteiger partial charge < -0.3 is 36.4 Å². The fourth-order valence-corrected chi connectivity index (χ4v) is 2.30. The maximum absolute atomic E-state index is 10.1. The lowest BCUT2D eigenvalue weighted by Crippen LogP contribution is -2.48. The number of aliphatic carboxylic acids is 1. The molecule has 0 aromatic heterocycles. The molecule has 0 radical (unpaired) electrons. The topological polar surface area (TPSA) is 164 Å². The van der Waals surface area contributed by atoms with Crippen molar-refractivity contribution in [1.29, 1.82) is 0 Å². The Kier molecular flexibility index (Phi) is 20.1. The molecule has 0 spiro atoms. The van der Waals surface area contributed by atoms with Crippen LogP contribution in [-0.2, 0) is 4.79 Å². The van der Waals surface area contributed by atoms with Crippen LogP contribution in [-0.4, -0.2) is 74.2 Å². The average molecular weight is 382 g/mol. The van der Waals surface area contributed by atoms with Crippen LogP contribution >= 0.6 is 0 Å². The van der Waals surface area contributed by atoms with E-state index in [0.717, 1.165) is 6.54 Å². The van der Waals surface area contributed by atoms with Gasteiger partial charge in [0, 0.05) is 0 Å². The second-order valence-electron chi connectivity index (χ2n) is 6.48. The highest BCUT2D eigenvalue weighted by Gasteiger charge is 2.33. The van der Waals surface area contributed by atoms with Gasteiger partial charge in [-0.05, 0) is 13.0 Å². The molecule has 0 bridgehead atoms. The van der Waals surface area contributed by atoms with Crippen molar-refractivity contribution >= 4 is 5.97 Å². The normalized spacial score (nSPS) is 15.5. The summed E-state index contributed by atoms with van der Waals surface area (Å²) in [5.74, 6) is -1.73. The molecule has 158 valence electrons. The fourth-order valence-electron chi connectivity index (χ4n) is 2.30. The van der Waals surface area contributed by atoms with Gasteiger partial charge in [-0.25, -0.2) is 4.79 Å². The van der Waals surface area contributed by atoms with Crippen molar-refractivity contribution in [3.63, 3.8) is 0 Å². The summed E-state index contributed by atoms with van der Waals surface area (Å²) in [7, 11) is 0. The lowest BCUT2D eigenvalue weighted by atomic mass is 10.0. The summed E-state index contributed by atoms with van der Waals surface area (Å²) < 4.78 is 0. The molecular formula is C18H39NO7. The molecular weight excluding hydrogens is 342 g/mol. The summed E-state index contributed by atoms with van der Waals surface area (Å²) in [4.78, 5) is 10.1. The third kappa shape index (κ3) is 15.5. The van der Waals surface area contributed by atoms with Crippen LogP contribution in [0, 0.1) is 0 Å². The fraction of sp³-hybridized carbons (Fsp3) is 0.944. The van der Waals surface area contributed by atoms with Crippen molar-refractivity contribution in [2.24, 2.45) is 5.73 Å². The largest absolute Gasteiger partial charge is 0.479 e. The number of carboxylic acids is 1. The highest BCUT2D eigenvalue weighted by molar-refractivity contribution is 5.72. The van der Waals surface area contributed by atoms with E-state index in [1.54, 1.807) is 0 Å². The predicted molar refractivity (Wildman–Crippen MR) is 99.6 cm³/mol. The molecule has 0 aromatic rings. The summed E-state index contributed by atoms with van der Waals surface area (Å²) in [5, 5.41) is 51.8. The van der Waals surface area contributed by atoms with Gasteiger partial charge in [0.1, 0.15) is 18.3 Å². The van der Waals surface area contributed by atoms with E-state index in [9.17, 15) is 4.79 Å². The van der Waals surface area contributed by atoms with Gasteiger partial charge in [0.05, 0.1) is 6.61 Å². The molecule has 0 unspecified atom stereocenters. The molecule has 26 heavy (non-hydrogen) atoms. The third-order valence-corrected chi connectivity index (χ3v) is 4.07. The smallest absolute Gasteiger partial charge is 0.335 e. The van der Waals surface area contributed by atoms with E-state index in [1.165, 1.54) is 64.2 Å². The second-order valence-corrected chi connectivity index (χ2v) is 6.48. The standard InChI is InChI=1S/C12H27N.C6H12O7/c1-2-3-4-5-6-7-8-9-10-11-12-13;7-1-2(8)3(9)4(10)5(11)6(12)13/h2-13H2,1H3;2-5,7-11H,1H2,(H,12,13)/t;2-,3-,4+,5-/m.1/s1. The molecule has 8 N–H and O–H groups in total. The molecule has 0 saturated carbocycles. The number of hydrogen-bond acceptors (Lipinski definition) is 7. The Morgan fingerprint density at radius 2 is 1.23 bits per heavy atom. The second kappa shape index (κ2) is 19.0. The molecule has 0 amide bonds. The first-order valence-electron chi connectivity index (χ1n) is 9.59. The van der Waals surface area contributed by atoms with E-state index < -0.39 is 37.0 Å². The van der Waals surface area contributed by atoms with E-state index in [1.807, 2.05) is 0 Å². The predicted octanol–water partition coefficient (Wildman–Crippen LogP) is 0.373. The maximum atomic E-state index is 10.1. The molecule has 0 fully saturated rings. The summed E-state index contributed by atoms with van der Waals surface area (Å²) >= 11 is 0. The SMILES string of the molecule is CCCCCCCCCCCCN.O=C(O)[C@H](O)[C@@H](O)[C@H](O)[C@H](O)CO. The molecule has 0 saturated heterocycles. The van der Waals surface area contributed by atoms with E-state index in [-0.39, 0.29) is 0 Å². The summed E-state index contributed by atoms with van der Waals surface area (Å²) in [5.41, 5.74) is 5.42. The Balaban J connectivity index is 0. The lowest BCUT2D eigenvalue weighted by molar-refractivity contribution is -0.164. The molecule has 0 heterocycles. The van der Waals surface area contributed by atoms with Crippen LogP contribution in [0.15, 0.2) is 0 Å². The van der Waals surface area contributed by atoms with Gasteiger partial charge in [-0.15, -0.1) is 0 Å². The van der Waals surface area contributed by atoms with Gasteiger partial charge in [0.15, 0.2) is 6.10 Å². The minimum Gasteiger partial charge on any atom is -0.479 e. The van der Waals surface area contributed by atoms with Crippen molar-refractivity contribution in [1.82, 2.24) is 0 Å². The summed E-state index contributed by atoms with van der Waals surface area (Å²) in [6, 6.07) is 0. The van der Waals surface area contributed by atoms with E-state index in [0.29, 0.717) is 0 Å². The van der Waals surface area contributed by atoms with Gasteiger partial charge in [-0.1, -0.05) is 64.7 Å². The van der Waals surface area contributed by atoms with E-state index in [2.05, 4.69) is 6.92 Å². The van der Waals surface area contributed by atoms with Crippen molar-refractivity contribution in [3.05, 3.63) is 0 Å². The van der Waals surface area contributed by atoms with Crippen LogP contribution in [0.4, 0.5) is 0 Å². The lowest BCUT2D eigenvalue weighted by Gasteiger charge is -2.23. The molecule has 8 nitrogen and oxygen atoms in total. The molecule has 0 aliphatic heterocycles. The van der Waals surface area contributed by atoms with Gasteiger partial charge >= 0.3 is 5.97 Å². The first-order chi connectivity index (χ1) is 12.3. The van der Waals surface area contributed by atoms with Crippen LogP contribution in [0.2, 0.25) is 0 Å². The molecule has 0 aliphatic rings. The number of carboxylic acid groups (broad SMARTS) is 1. The van der Waals surface area contributed by atoms with Crippen molar-refractivity contribution in [2.45, 2.75) is 95.5 Å². The van der Waals surface area contributed by atoms with E-state index in [4.69, 9.17) is 36.4 Å². The van der Waals surface area contributed by atoms with Gasteiger partial charge in [-0.2, -0.15) is 0 Å². The highest BCUT2D eigenvalue weighted by atomic mass is 16.4. The van der Waals surface area contributed by atoms with Crippen LogP contribution in [0.5, 0.6) is 0 Å². The van der Waals surface area contributed by atoms with Crippen LogP contribution < -0.4 is 5.73 Å². The van der Waals surface area contributed by atoms with Gasteiger partial charge in [0.25, 0.3) is 0 Å². The zero-order valence-corrected chi connectivity index (χ0v) is 16.0. The van der Waals surface area contributed by atoms with Gasteiger partial charge in [-0.3, -0.25) is 0 Å². The number of aliphatic hydroxyl groups is 5. The Hall–Kier alpha value is -0.770. The Morgan fingerprint density at radius 3 is 1.58 bits per heavy atom. The number of rotatable bonds is 15. The monoisotopic (exact) mass is 381 g/mol. The number of hydrogen-bond donors (Lipinski definition) is 7. The first kappa shape index (κ1) is 27.4. The first-order valence-corrected chi connectivity index (χ1v) is 9.59. The van der Waals surface area contributed by atoms with Crippen LogP contribution in [0.25, 0.3) is 0 Å². The Labute approximate surface area is 156 Å². The molecule has 0 aromatic carbocycles. The average Bonchev–Trinajstić information content (AvgIpc) is 2.64. The molecule has 4 atom stereocenters. The third-order valence-electron chi connectivity index (χ3n) is 4.07. The molecule has 0 rings (SSSR count). The molecule has 0 aliphatic carbocycles. The summed E-state index contributed by atoms with van der Waals surface area (Å²) in [6.45, 7) is 2.30. The number of carbonyl (C=O) groups is 1. The number of nitrogens with two attached hydrogens (primary N) is 1. The maximum Gasteiger partial charge on any atom is 0.335 e. The minimum atomic E-state index is -2.20. The highest BCUT2D eigenvalue weighted by Crippen LogP contribution is 2.10. The van der Waals surface area contributed by atoms with Crippen LogP contribution in [0.3, 0.4) is 0 Å². The van der Waals surface area contributed by atoms with Crippen molar-refractivity contribution < 1.29 is 35.4 Å². The number of aliphatic hydroxyl groups excluding tert-OH is 5.